The molecule has 2 fully saturated rings. The van der Waals surface area contributed by atoms with E-state index in [9.17, 15) is 9.59 Å². The summed E-state index contributed by atoms with van der Waals surface area (Å²) < 4.78 is 10.8. The van der Waals surface area contributed by atoms with Gasteiger partial charge in [-0.05, 0) is 23.3 Å². The van der Waals surface area contributed by atoms with Crippen LogP contribution in [0.3, 0.4) is 0 Å². The van der Waals surface area contributed by atoms with Crippen LogP contribution in [0.15, 0.2) is 36.4 Å². The minimum atomic E-state index is -0.440. The van der Waals surface area contributed by atoms with E-state index in [2.05, 4.69) is 9.80 Å². The molecule has 0 atom stereocenters. The lowest BCUT2D eigenvalue weighted by molar-refractivity contribution is -0.124. The summed E-state index contributed by atoms with van der Waals surface area (Å²) in [5.41, 5.74) is 1.05. The van der Waals surface area contributed by atoms with E-state index in [0.717, 1.165) is 76.8 Å². The van der Waals surface area contributed by atoms with Crippen molar-refractivity contribution in [2.45, 2.75) is 27.7 Å². The summed E-state index contributed by atoms with van der Waals surface area (Å²) in [5, 5.41) is 0. The molecule has 0 saturated carbocycles. The molecule has 0 aliphatic carbocycles. The molecule has 7 heteroatoms. The highest BCUT2D eigenvalue weighted by molar-refractivity contribution is 8.93. The normalized spacial score (nSPS) is 18.6. The Hall–Kier alpha value is -1.64. The molecule has 0 aromatic heterocycles. The minimum absolute atomic E-state index is 0. The molecule has 2 heterocycles. The van der Waals surface area contributed by atoms with Gasteiger partial charge in [-0.2, -0.15) is 0 Å². The van der Waals surface area contributed by atoms with Crippen molar-refractivity contribution in [2.24, 2.45) is 10.8 Å². The minimum Gasteiger partial charge on any atom is -0.379 e. The fraction of sp³-hybridized carbons (Fsp3) is 0.571. The molecule has 1 aromatic rings. The molecule has 0 amide bonds. The number of hydrogen-bond donors (Lipinski definition) is 0. The first-order chi connectivity index (χ1) is 16.2. The Morgan fingerprint density at radius 1 is 0.714 bits per heavy atom. The predicted octanol–water partition coefficient (Wildman–Crippen LogP) is 4.15. The van der Waals surface area contributed by atoms with Gasteiger partial charge in [0.1, 0.15) is 0 Å². The Labute approximate surface area is 221 Å². The molecule has 2 saturated heterocycles. The summed E-state index contributed by atoms with van der Waals surface area (Å²) in [6, 6.07) is 7.90. The van der Waals surface area contributed by atoms with Crippen LogP contribution in [0.5, 0.6) is 0 Å². The van der Waals surface area contributed by atoms with Crippen LogP contribution >= 0.6 is 17.0 Å². The van der Waals surface area contributed by atoms with E-state index in [0.29, 0.717) is 0 Å². The quantitative estimate of drug-likeness (QED) is 0.409. The molecule has 1 aromatic carbocycles. The molecule has 0 bridgehead atoms. The van der Waals surface area contributed by atoms with E-state index >= 15 is 0 Å². The van der Waals surface area contributed by atoms with E-state index in [1.54, 1.807) is 12.2 Å². The van der Waals surface area contributed by atoms with E-state index in [-0.39, 0.29) is 28.5 Å². The van der Waals surface area contributed by atoms with Crippen LogP contribution in [0.2, 0.25) is 0 Å². The van der Waals surface area contributed by atoms with Crippen LogP contribution in [0, 0.1) is 10.8 Å². The molecule has 2 aliphatic rings. The van der Waals surface area contributed by atoms with E-state index in [1.165, 1.54) is 0 Å². The standard InChI is InChI=1S/C28H40N2O4.BrH/c1-27(2,21-29-13-17-33-18-14-29)25(31)11-9-23-5-7-24(8-6-23)10-12-26(32)28(3,4)22-30-15-19-34-20-16-30;/h5-12H,13-22H2,1-4H3;1H/b11-9+,12-10+;. The lowest BCUT2D eigenvalue weighted by Crippen LogP contribution is -2.44. The Bertz CT molecular complexity index is 808. The van der Waals surface area contributed by atoms with Crippen molar-refractivity contribution < 1.29 is 19.1 Å². The number of nitrogens with zero attached hydrogens (tertiary/aromatic N) is 2. The second-order valence-corrected chi connectivity index (χ2v) is 10.6. The van der Waals surface area contributed by atoms with Gasteiger partial charge in [0.05, 0.1) is 26.4 Å². The van der Waals surface area contributed by atoms with Gasteiger partial charge in [0.25, 0.3) is 0 Å². The molecule has 0 radical (unpaired) electrons. The van der Waals surface area contributed by atoms with E-state index < -0.39 is 10.8 Å². The van der Waals surface area contributed by atoms with Crippen LogP contribution < -0.4 is 0 Å². The number of hydrogen-bond acceptors (Lipinski definition) is 6. The first-order valence-corrected chi connectivity index (χ1v) is 12.3. The number of halogens is 1. The third-order valence-corrected chi connectivity index (χ3v) is 6.57. The molecule has 3 rings (SSSR count). The van der Waals surface area contributed by atoms with Gasteiger partial charge in [-0.1, -0.05) is 64.1 Å². The number of allylic oxidation sites excluding steroid dienone is 2. The summed E-state index contributed by atoms with van der Waals surface area (Å²) in [5.74, 6) is 0.243. The third kappa shape index (κ3) is 9.39. The molecular weight excluding hydrogens is 508 g/mol. The Balaban J connectivity index is 0.00000432. The van der Waals surface area contributed by atoms with E-state index in [1.807, 2.05) is 64.1 Å². The molecular formula is C28H41BrN2O4. The average molecular weight is 550 g/mol. The number of benzene rings is 1. The third-order valence-electron chi connectivity index (χ3n) is 6.57. The van der Waals surface area contributed by atoms with Crippen LogP contribution in [-0.4, -0.2) is 87.1 Å². The second-order valence-electron chi connectivity index (χ2n) is 10.6. The summed E-state index contributed by atoms with van der Waals surface area (Å²) in [6.45, 7) is 15.9. The summed E-state index contributed by atoms with van der Waals surface area (Å²) in [6.07, 6.45) is 7.10. The van der Waals surface area contributed by atoms with Gasteiger partial charge in [0.2, 0.25) is 0 Å². The zero-order chi connectivity index (χ0) is 24.6. The van der Waals surface area contributed by atoms with Crippen molar-refractivity contribution in [3.63, 3.8) is 0 Å². The molecule has 6 nitrogen and oxygen atoms in total. The fourth-order valence-electron chi connectivity index (χ4n) is 4.31. The van der Waals surface area contributed by atoms with Crippen LogP contribution in [0.4, 0.5) is 0 Å². The van der Waals surface area contributed by atoms with Gasteiger partial charge in [-0.25, -0.2) is 0 Å². The highest BCUT2D eigenvalue weighted by Gasteiger charge is 2.30. The molecule has 0 unspecified atom stereocenters. The highest BCUT2D eigenvalue weighted by Crippen LogP contribution is 2.22. The van der Waals surface area contributed by atoms with Crippen molar-refractivity contribution in [1.82, 2.24) is 9.80 Å². The highest BCUT2D eigenvalue weighted by atomic mass is 79.9. The molecule has 0 N–H and O–H groups in total. The maximum absolute atomic E-state index is 12.8. The van der Waals surface area contributed by atoms with Gasteiger partial charge in [0.15, 0.2) is 11.6 Å². The molecule has 2 aliphatic heterocycles. The van der Waals surface area contributed by atoms with Crippen LogP contribution in [0.25, 0.3) is 12.2 Å². The van der Waals surface area contributed by atoms with Gasteiger partial charge in [-0.3, -0.25) is 19.4 Å². The SMILES string of the molecule is Br.CC(C)(CN1CCOCC1)C(=O)/C=C/c1ccc(/C=C/C(=O)C(C)(C)CN2CCOCC2)cc1. The van der Waals surface area contributed by atoms with Crippen molar-refractivity contribution in [3.05, 3.63) is 47.5 Å². The zero-order valence-corrected chi connectivity index (χ0v) is 23.3. The fourth-order valence-corrected chi connectivity index (χ4v) is 4.31. The Morgan fingerprint density at radius 2 is 1.03 bits per heavy atom. The lowest BCUT2D eigenvalue weighted by atomic mass is 9.86. The average Bonchev–Trinajstić information content (AvgIpc) is 2.82. The predicted molar refractivity (Wildman–Crippen MR) is 147 cm³/mol. The number of ether oxygens (including phenoxy) is 2. The lowest BCUT2D eigenvalue weighted by Gasteiger charge is -2.33. The molecule has 35 heavy (non-hydrogen) atoms. The number of morpholine rings is 2. The first-order valence-electron chi connectivity index (χ1n) is 12.3. The van der Waals surface area contributed by atoms with Crippen molar-refractivity contribution in [1.29, 1.82) is 0 Å². The maximum atomic E-state index is 12.8. The maximum Gasteiger partial charge on any atom is 0.162 e. The second kappa shape index (κ2) is 13.6. The summed E-state index contributed by atoms with van der Waals surface area (Å²) >= 11 is 0. The smallest absolute Gasteiger partial charge is 0.162 e. The topological polar surface area (TPSA) is 59.1 Å². The Kier molecular flexibility index (Phi) is 11.5. The first kappa shape index (κ1) is 29.6. The summed E-state index contributed by atoms with van der Waals surface area (Å²) in [7, 11) is 0. The number of ketones is 2. The van der Waals surface area contributed by atoms with Gasteiger partial charge < -0.3 is 9.47 Å². The number of carbonyl (C=O) groups is 2. The van der Waals surface area contributed by atoms with Crippen molar-refractivity contribution >= 4 is 40.7 Å². The van der Waals surface area contributed by atoms with E-state index in [4.69, 9.17) is 9.47 Å². The van der Waals surface area contributed by atoms with Gasteiger partial charge >= 0.3 is 0 Å². The van der Waals surface area contributed by atoms with Crippen molar-refractivity contribution in [3.8, 4) is 0 Å². The zero-order valence-electron chi connectivity index (χ0n) is 21.6. The number of carbonyl (C=O) groups excluding carboxylic acids is 2. The molecule has 0 spiro atoms. The number of rotatable bonds is 10. The largest absolute Gasteiger partial charge is 0.379 e. The molecule has 194 valence electrons. The Morgan fingerprint density at radius 3 is 1.34 bits per heavy atom. The van der Waals surface area contributed by atoms with Crippen LogP contribution in [0.1, 0.15) is 38.8 Å². The monoisotopic (exact) mass is 548 g/mol. The summed E-state index contributed by atoms with van der Waals surface area (Å²) in [4.78, 5) is 30.2. The van der Waals surface area contributed by atoms with Crippen LogP contribution in [-0.2, 0) is 19.1 Å². The van der Waals surface area contributed by atoms with Gasteiger partial charge in [-0.15, -0.1) is 17.0 Å². The van der Waals surface area contributed by atoms with Gasteiger partial charge in [0, 0.05) is 50.1 Å². The van der Waals surface area contributed by atoms with Crippen molar-refractivity contribution in [2.75, 3.05) is 65.7 Å².